The minimum Gasteiger partial charge on any atom is -0.338 e. The Balaban J connectivity index is 2.82. The van der Waals surface area contributed by atoms with Crippen LogP contribution in [0, 0.1) is 5.82 Å². The molecule has 0 radical (unpaired) electrons. The van der Waals surface area contributed by atoms with Gasteiger partial charge in [-0.3, -0.25) is 4.79 Å². The number of halogens is 1. The first-order valence-corrected chi connectivity index (χ1v) is 5.22. The number of nitrogens with one attached hydrogen (secondary N) is 1. The maximum Gasteiger partial charge on any atom is 0.236 e. The lowest BCUT2D eigenvalue weighted by molar-refractivity contribution is -0.130. The Labute approximate surface area is 95.3 Å². The van der Waals surface area contributed by atoms with Gasteiger partial charge in [0.1, 0.15) is 5.82 Å². The van der Waals surface area contributed by atoms with Crippen molar-refractivity contribution in [3.8, 4) is 0 Å². The van der Waals surface area contributed by atoms with Crippen LogP contribution in [0.15, 0.2) is 24.3 Å². The van der Waals surface area contributed by atoms with Crippen LogP contribution in [0.25, 0.3) is 0 Å². The van der Waals surface area contributed by atoms with Gasteiger partial charge in [0, 0.05) is 12.6 Å². The van der Waals surface area contributed by atoms with Crippen molar-refractivity contribution in [3.63, 3.8) is 0 Å². The molecular weight excluding hydrogens is 207 g/mol. The predicted molar refractivity (Wildman–Crippen MR) is 61.5 cm³/mol. The lowest BCUT2D eigenvalue weighted by atomic mass is 10.1. The minimum atomic E-state index is -0.279. The summed E-state index contributed by atoms with van der Waals surface area (Å²) in [7, 11) is 3.39. The summed E-state index contributed by atoms with van der Waals surface area (Å²) in [4.78, 5) is 13.1. The maximum absolute atomic E-state index is 13.5. The van der Waals surface area contributed by atoms with E-state index in [-0.39, 0.29) is 24.3 Å². The Morgan fingerprint density at radius 1 is 1.50 bits per heavy atom. The Morgan fingerprint density at radius 2 is 2.12 bits per heavy atom. The number of benzene rings is 1. The quantitative estimate of drug-likeness (QED) is 0.842. The lowest BCUT2D eigenvalue weighted by Gasteiger charge is -2.25. The van der Waals surface area contributed by atoms with Crippen molar-refractivity contribution < 1.29 is 9.18 Å². The first kappa shape index (κ1) is 12.6. The molecule has 1 amide bonds. The van der Waals surface area contributed by atoms with Gasteiger partial charge in [0.05, 0.1) is 12.6 Å². The Morgan fingerprint density at radius 3 is 2.69 bits per heavy atom. The highest BCUT2D eigenvalue weighted by atomic mass is 19.1. The summed E-state index contributed by atoms with van der Waals surface area (Å²) in [6.45, 7) is 2.07. The largest absolute Gasteiger partial charge is 0.338 e. The van der Waals surface area contributed by atoms with Gasteiger partial charge in [0.15, 0.2) is 0 Å². The smallest absolute Gasteiger partial charge is 0.236 e. The molecule has 4 heteroatoms. The third-order valence-corrected chi connectivity index (χ3v) is 2.66. The molecule has 0 saturated carbocycles. The number of amides is 1. The van der Waals surface area contributed by atoms with Crippen molar-refractivity contribution in [1.82, 2.24) is 10.2 Å². The van der Waals surface area contributed by atoms with Crippen molar-refractivity contribution in [2.24, 2.45) is 0 Å². The summed E-state index contributed by atoms with van der Waals surface area (Å²) in [5.74, 6) is -0.336. The lowest BCUT2D eigenvalue weighted by Crippen LogP contribution is -2.36. The molecule has 0 aliphatic heterocycles. The highest BCUT2D eigenvalue weighted by Crippen LogP contribution is 2.21. The molecular formula is C12H17FN2O. The summed E-state index contributed by atoms with van der Waals surface area (Å²) in [5, 5.41) is 2.78. The van der Waals surface area contributed by atoms with Gasteiger partial charge in [0.2, 0.25) is 5.91 Å². The summed E-state index contributed by atoms with van der Waals surface area (Å²) < 4.78 is 13.5. The zero-order chi connectivity index (χ0) is 12.1. The van der Waals surface area contributed by atoms with Crippen molar-refractivity contribution >= 4 is 5.91 Å². The summed E-state index contributed by atoms with van der Waals surface area (Å²) >= 11 is 0. The molecule has 16 heavy (non-hydrogen) atoms. The number of nitrogens with zero attached hydrogens (tertiary/aromatic N) is 1. The molecule has 0 aliphatic carbocycles. The molecule has 0 fully saturated rings. The van der Waals surface area contributed by atoms with Crippen molar-refractivity contribution in [3.05, 3.63) is 35.6 Å². The summed E-state index contributed by atoms with van der Waals surface area (Å²) in [6.07, 6.45) is 0. The van der Waals surface area contributed by atoms with Gasteiger partial charge in [-0.1, -0.05) is 18.2 Å². The van der Waals surface area contributed by atoms with E-state index < -0.39 is 0 Å². The SMILES string of the molecule is CNCC(=O)N(C)C(C)c1ccccc1F. The molecule has 0 aromatic heterocycles. The predicted octanol–water partition coefficient (Wildman–Crippen LogP) is 1.56. The Kier molecular flexibility index (Phi) is 4.43. The molecule has 0 heterocycles. The highest BCUT2D eigenvalue weighted by Gasteiger charge is 2.18. The van der Waals surface area contributed by atoms with Gasteiger partial charge in [-0.2, -0.15) is 0 Å². The zero-order valence-electron chi connectivity index (χ0n) is 9.83. The number of carbonyl (C=O) groups excluding carboxylic acids is 1. The van der Waals surface area contributed by atoms with E-state index in [1.165, 1.54) is 11.0 Å². The van der Waals surface area contributed by atoms with Gasteiger partial charge in [-0.15, -0.1) is 0 Å². The van der Waals surface area contributed by atoms with Crippen LogP contribution in [0.2, 0.25) is 0 Å². The van der Waals surface area contributed by atoms with Crippen LogP contribution in [0.3, 0.4) is 0 Å². The Hall–Kier alpha value is -1.42. The fourth-order valence-corrected chi connectivity index (χ4v) is 1.51. The molecule has 0 aliphatic rings. The summed E-state index contributed by atoms with van der Waals surface area (Å²) in [5.41, 5.74) is 0.537. The standard InChI is InChI=1S/C12H17FN2O/c1-9(15(3)12(16)8-14-2)10-6-4-5-7-11(10)13/h4-7,9,14H,8H2,1-3H3. The molecule has 1 rings (SSSR count). The second-order valence-corrected chi connectivity index (χ2v) is 3.73. The van der Waals surface area contributed by atoms with Gasteiger partial charge in [-0.05, 0) is 20.0 Å². The third kappa shape index (κ3) is 2.79. The molecule has 0 spiro atoms. The topological polar surface area (TPSA) is 32.3 Å². The maximum atomic E-state index is 13.5. The molecule has 1 atom stereocenters. The second kappa shape index (κ2) is 5.61. The van der Waals surface area contributed by atoms with Crippen molar-refractivity contribution in [2.75, 3.05) is 20.6 Å². The van der Waals surface area contributed by atoms with E-state index in [1.54, 1.807) is 32.3 Å². The van der Waals surface area contributed by atoms with Gasteiger partial charge >= 0.3 is 0 Å². The molecule has 1 N–H and O–H groups in total. The van der Waals surface area contributed by atoms with Gasteiger partial charge in [0.25, 0.3) is 0 Å². The highest BCUT2D eigenvalue weighted by molar-refractivity contribution is 5.78. The monoisotopic (exact) mass is 224 g/mol. The van der Waals surface area contributed by atoms with Crippen molar-refractivity contribution in [2.45, 2.75) is 13.0 Å². The molecule has 1 aromatic rings. The van der Waals surface area contributed by atoms with E-state index in [9.17, 15) is 9.18 Å². The van der Waals surface area contributed by atoms with E-state index in [1.807, 2.05) is 6.92 Å². The van der Waals surface area contributed by atoms with Crippen LogP contribution < -0.4 is 5.32 Å². The average Bonchev–Trinajstić information content (AvgIpc) is 2.28. The number of hydrogen-bond acceptors (Lipinski definition) is 2. The molecule has 1 unspecified atom stereocenters. The molecule has 88 valence electrons. The second-order valence-electron chi connectivity index (χ2n) is 3.73. The van der Waals surface area contributed by atoms with Crippen LogP contribution in [0.4, 0.5) is 4.39 Å². The normalized spacial score (nSPS) is 12.2. The van der Waals surface area contributed by atoms with E-state index in [4.69, 9.17) is 0 Å². The van der Waals surface area contributed by atoms with Crippen LogP contribution >= 0.6 is 0 Å². The Bertz CT molecular complexity index is 368. The number of rotatable bonds is 4. The molecule has 0 bridgehead atoms. The summed E-state index contributed by atoms with van der Waals surface area (Å²) in [6, 6.07) is 6.25. The van der Waals surface area contributed by atoms with Crippen LogP contribution in [-0.2, 0) is 4.79 Å². The third-order valence-electron chi connectivity index (χ3n) is 2.66. The van der Waals surface area contributed by atoms with Gasteiger partial charge in [-0.25, -0.2) is 4.39 Å². The first-order chi connectivity index (χ1) is 7.57. The molecule has 3 nitrogen and oxygen atoms in total. The van der Waals surface area contributed by atoms with Crippen molar-refractivity contribution in [1.29, 1.82) is 0 Å². The number of likely N-dealkylation sites (N-methyl/N-ethyl adjacent to an activating group) is 2. The minimum absolute atomic E-state index is 0.0572. The van der Waals surface area contributed by atoms with E-state index >= 15 is 0 Å². The fraction of sp³-hybridized carbons (Fsp3) is 0.417. The van der Waals surface area contributed by atoms with Crippen LogP contribution in [-0.4, -0.2) is 31.4 Å². The molecule has 0 saturated heterocycles. The fourth-order valence-electron chi connectivity index (χ4n) is 1.51. The van der Waals surface area contributed by atoms with Gasteiger partial charge < -0.3 is 10.2 Å². The number of hydrogen-bond donors (Lipinski definition) is 1. The van der Waals surface area contributed by atoms with E-state index in [2.05, 4.69) is 5.32 Å². The van der Waals surface area contributed by atoms with Crippen LogP contribution in [0.5, 0.6) is 0 Å². The zero-order valence-corrected chi connectivity index (χ0v) is 9.83. The van der Waals surface area contributed by atoms with Crippen LogP contribution in [0.1, 0.15) is 18.5 Å². The van der Waals surface area contributed by atoms with E-state index in [0.717, 1.165) is 0 Å². The first-order valence-electron chi connectivity index (χ1n) is 5.22. The molecule has 1 aromatic carbocycles. The van der Waals surface area contributed by atoms with E-state index in [0.29, 0.717) is 5.56 Å². The average molecular weight is 224 g/mol. The number of carbonyl (C=O) groups is 1.